The molecule has 3 N–H and O–H groups in total. The average Bonchev–Trinajstić information content (AvgIpc) is 2.22. The Morgan fingerprint density at radius 3 is 2.31 bits per heavy atom. The molecule has 0 aromatic rings. The molecule has 0 aromatic carbocycles. The molecule has 1 fully saturated rings. The minimum absolute atomic E-state index is 0.178. The quantitative estimate of drug-likeness (QED) is 0.721. The van der Waals surface area contributed by atoms with Crippen molar-refractivity contribution in [3.05, 3.63) is 0 Å². The predicted molar refractivity (Wildman–Crippen MR) is 70.9 cm³/mol. The van der Waals surface area contributed by atoms with Crippen molar-refractivity contribution >= 4 is 18.4 Å². The van der Waals surface area contributed by atoms with Crippen LogP contribution in [0.1, 0.15) is 39.5 Å². The van der Waals surface area contributed by atoms with Crippen LogP contribution in [0.5, 0.6) is 0 Å². The van der Waals surface area contributed by atoms with Gasteiger partial charge in [0.15, 0.2) is 0 Å². The third kappa shape index (κ3) is 4.40. The van der Waals surface area contributed by atoms with Crippen LogP contribution >= 0.6 is 6.64 Å². The lowest BCUT2D eigenvalue weighted by Gasteiger charge is -2.33. The molecule has 2 atom stereocenters. The van der Waals surface area contributed by atoms with Gasteiger partial charge >= 0.3 is 0 Å². The van der Waals surface area contributed by atoms with E-state index in [9.17, 15) is 0 Å². The first-order chi connectivity index (χ1) is 7.61. The first-order valence-corrected chi connectivity index (χ1v) is 8.67. The van der Waals surface area contributed by atoms with E-state index in [-0.39, 0.29) is 12.1 Å². The molecule has 4 nitrogen and oxygen atoms in total. The maximum absolute atomic E-state index is 6.08. The van der Waals surface area contributed by atoms with Gasteiger partial charge in [0.25, 0.3) is 6.64 Å². The summed E-state index contributed by atoms with van der Waals surface area (Å²) >= 11 is 5.43. The van der Waals surface area contributed by atoms with Crippen LogP contribution < -0.4 is 10.8 Å². The highest BCUT2D eigenvalue weighted by Crippen LogP contribution is 2.45. The maximum Gasteiger partial charge on any atom is 0.261 e. The molecule has 0 aliphatic heterocycles. The monoisotopic (exact) mass is 266 g/mol. The molecule has 0 radical (unpaired) electrons. The molecule has 1 aliphatic rings. The van der Waals surface area contributed by atoms with E-state index in [2.05, 4.69) is 5.09 Å². The van der Waals surface area contributed by atoms with Crippen molar-refractivity contribution in [2.45, 2.75) is 51.6 Å². The van der Waals surface area contributed by atoms with Crippen LogP contribution in [-0.4, -0.2) is 25.3 Å². The van der Waals surface area contributed by atoms with E-state index in [1.54, 1.807) is 0 Å². The SMILES string of the molecule is CCOP(=S)(NC1CCCCC1N)OCC. The summed E-state index contributed by atoms with van der Waals surface area (Å²) in [4.78, 5) is 0. The average molecular weight is 266 g/mol. The van der Waals surface area contributed by atoms with Gasteiger partial charge in [-0.2, -0.15) is 0 Å². The Morgan fingerprint density at radius 2 is 1.81 bits per heavy atom. The van der Waals surface area contributed by atoms with Gasteiger partial charge in [-0.25, -0.2) is 5.09 Å². The van der Waals surface area contributed by atoms with Crippen molar-refractivity contribution in [2.75, 3.05) is 13.2 Å². The largest absolute Gasteiger partial charge is 0.326 e. The minimum atomic E-state index is -2.32. The number of hydrogen-bond acceptors (Lipinski definition) is 4. The lowest BCUT2D eigenvalue weighted by atomic mass is 9.92. The summed E-state index contributed by atoms with van der Waals surface area (Å²) in [5.41, 5.74) is 6.08. The van der Waals surface area contributed by atoms with E-state index < -0.39 is 6.64 Å². The van der Waals surface area contributed by atoms with E-state index in [4.69, 9.17) is 26.6 Å². The Bertz CT molecular complexity index is 243. The van der Waals surface area contributed by atoms with Crippen LogP contribution in [-0.2, 0) is 20.9 Å². The number of nitrogens with two attached hydrogens (primary N) is 1. The van der Waals surface area contributed by atoms with Gasteiger partial charge in [0, 0.05) is 12.1 Å². The van der Waals surface area contributed by atoms with Crippen LogP contribution in [0.3, 0.4) is 0 Å². The number of hydrogen-bond donors (Lipinski definition) is 2. The second-order valence-corrected chi connectivity index (χ2v) is 7.23. The summed E-state index contributed by atoms with van der Waals surface area (Å²) in [5, 5.41) is 3.34. The van der Waals surface area contributed by atoms with Crippen LogP contribution in [0.25, 0.3) is 0 Å². The fourth-order valence-corrected chi connectivity index (χ4v) is 4.64. The predicted octanol–water partition coefficient (Wildman–Crippen LogP) is 2.14. The Balaban J connectivity index is 2.55. The third-order valence-electron chi connectivity index (χ3n) is 2.74. The van der Waals surface area contributed by atoms with Gasteiger partial charge in [0.05, 0.1) is 13.2 Å². The standard InChI is InChI=1S/C10H23N2O2PS/c1-3-13-15(16,14-4-2)12-10-8-6-5-7-9(10)11/h9-10H,3-8,11H2,1-2H3,(H,12,16). The number of rotatable bonds is 6. The minimum Gasteiger partial charge on any atom is -0.326 e. The molecule has 16 heavy (non-hydrogen) atoms. The Hall–Kier alpha value is 0.490. The smallest absolute Gasteiger partial charge is 0.261 e. The molecular weight excluding hydrogens is 243 g/mol. The summed E-state index contributed by atoms with van der Waals surface area (Å²) in [6, 6.07) is 0.426. The first kappa shape index (κ1) is 14.6. The second kappa shape index (κ2) is 7.04. The van der Waals surface area contributed by atoms with E-state index in [0.717, 1.165) is 12.8 Å². The van der Waals surface area contributed by atoms with Crippen LogP contribution in [0, 0.1) is 0 Å². The summed E-state index contributed by atoms with van der Waals surface area (Å²) < 4.78 is 11.1. The maximum atomic E-state index is 6.08. The lowest BCUT2D eigenvalue weighted by molar-refractivity contribution is 0.244. The number of nitrogens with one attached hydrogen (secondary N) is 1. The van der Waals surface area contributed by atoms with Crippen molar-refractivity contribution < 1.29 is 9.05 Å². The van der Waals surface area contributed by atoms with Crippen molar-refractivity contribution in [2.24, 2.45) is 5.73 Å². The molecule has 1 saturated carbocycles. The van der Waals surface area contributed by atoms with E-state index >= 15 is 0 Å². The molecule has 6 heteroatoms. The summed E-state index contributed by atoms with van der Waals surface area (Å²) in [7, 11) is 0. The zero-order valence-corrected chi connectivity index (χ0v) is 11.9. The first-order valence-electron chi connectivity index (χ1n) is 6.03. The molecule has 1 rings (SSSR count). The van der Waals surface area contributed by atoms with Crippen LogP contribution in [0.2, 0.25) is 0 Å². The zero-order chi connectivity index (χ0) is 12.0. The van der Waals surface area contributed by atoms with Gasteiger partial charge in [-0.3, -0.25) is 0 Å². The molecule has 0 saturated heterocycles. The summed E-state index contributed by atoms with van der Waals surface area (Å²) in [6.07, 6.45) is 4.55. The van der Waals surface area contributed by atoms with Crippen molar-refractivity contribution in [3.8, 4) is 0 Å². The second-order valence-electron chi connectivity index (χ2n) is 4.02. The molecular formula is C10H23N2O2PS. The highest BCUT2D eigenvalue weighted by Gasteiger charge is 2.28. The highest BCUT2D eigenvalue weighted by molar-refractivity contribution is 8.09. The molecule has 1 aliphatic carbocycles. The Kier molecular flexibility index (Phi) is 6.40. The third-order valence-corrected chi connectivity index (χ3v) is 5.53. The van der Waals surface area contributed by atoms with Gasteiger partial charge in [-0.15, -0.1) is 0 Å². The topological polar surface area (TPSA) is 56.5 Å². The molecule has 0 heterocycles. The summed E-state index contributed by atoms with van der Waals surface area (Å²) in [6.45, 7) is 2.70. The Morgan fingerprint density at radius 1 is 1.25 bits per heavy atom. The fraction of sp³-hybridized carbons (Fsp3) is 1.00. The van der Waals surface area contributed by atoms with Crippen molar-refractivity contribution in [1.82, 2.24) is 5.09 Å². The van der Waals surface area contributed by atoms with Crippen molar-refractivity contribution in [3.63, 3.8) is 0 Å². The molecule has 0 spiro atoms. The zero-order valence-electron chi connectivity index (χ0n) is 10.1. The molecule has 2 unspecified atom stereocenters. The molecule has 0 amide bonds. The van der Waals surface area contributed by atoms with E-state index in [1.165, 1.54) is 12.8 Å². The van der Waals surface area contributed by atoms with Gasteiger partial charge in [-0.05, 0) is 38.5 Å². The normalized spacial score (nSPS) is 26.9. The van der Waals surface area contributed by atoms with E-state index in [1.807, 2.05) is 13.8 Å². The van der Waals surface area contributed by atoms with Crippen LogP contribution in [0.4, 0.5) is 0 Å². The lowest BCUT2D eigenvalue weighted by Crippen LogP contribution is -2.46. The van der Waals surface area contributed by atoms with Gasteiger partial charge in [0.1, 0.15) is 0 Å². The van der Waals surface area contributed by atoms with Crippen LogP contribution in [0.15, 0.2) is 0 Å². The molecule has 96 valence electrons. The Labute approximate surface area is 103 Å². The van der Waals surface area contributed by atoms with Gasteiger partial charge in [-0.1, -0.05) is 12.8 Å². The highest BCUT2D eigenvalue weighted by atomic mass is 32.5. The fourth-order valence-electron chi connectivity index (χ4n) is 1.97. The van der Waals surface area contributed by atoms with Gasteiger partial charge in [0.2, 0.25) is 0 Å². The molecule has 0 bridgehead atoms. The van der Waals surface area contributed by atoms with Crippen molar-refractivity contribution in [1.29, 1.82) is 0 Å². The molecule has 0 aromatic heterocycles. The summed E-state index contributed by atoms with van der Waals surface area (Å²) in [5.74, 6) is 0. The van der Waals surface area contributed by atoms with E-state index in [0.29, 0.717) is 13.2 Å². The van der Waals surface area contributed by atoms with Gasteiger partial charge < -0.3 is 14.8 Å².